The number of aliphatic imine (C=N–C) groups is 2. The van der Waals surface area contributed by atoms with Gasteiger partial charge in [0.05, 0.1) is 0 Å². The molecule has 0 N–H and O–H groups in total. The van der Waals surface area contributed by atoms with E-state index in [0.717, 1.165) is 22.8 Å². The van der Waals surface area contributed by atoms with E-state index in [2.05, 4.69) is 91.8 Å². The van der Waals surface area contributed by atoms with Crippen molar-refractivity contribution in [3.8, 4) is 0 Å². The first-order valence-electron chi connectivity index (χ1n) is 12.0. The molecule has 2 rings (SSSR count). The summed E-state index contributed by atoms with van der Waals surface area (Å²) >= 11 is -3.57. The molecule has 0 atom stereocenters. The zero-order valence-electron chi connectivity index (χ0n) is 21.9. The van der Waals surface area contributed by atoms with Gasteiger partial charge in [-0.3, -0.25) is 0 Å². The third-order valence-electron chi connectivity index (χ3n) is 5.93. The van der Waals surface area contributed by atoms with Gasteiger partial charge in [0, 0.05) is 0 Å². The third kappa shape index (κ3) is 7.97. The van der Waals surface area contributed by atoms with E-state index in [4.69, 9.17) is 36.9 Å². The number of hydrogen-bond acceptors (Lipinski definition) is 2. The van der Waals surface area contributed by atoms with Gasteiger partial charge in [-0.15, -0.1) is 0 Å². The third-order valence-corrected chi connectivity index (χ3v) is 9.84. The predicted molar refractivity (Wildman–Crippen MR) is 157 cm³/mol. The van der Waals surface area contributed by atoms with Gasteiger partial charge in [-0.05, 0) is 0 Å². The fraction of sp³-hybridized carbons (Fsp3) is 0.500. The number of hydrogen-bond donors (Lipinski definition) is 0. The molecule has 0 unspecified atom stereocenters. The maximum atomic E-state index is 6.49. The molecule has 34 heavy (non-hydrogen) atoms. The summed E-state index contributed by atoms with van der Waals surface area (Å²) in [5.74, 6) is 1.37. The summed E-state index contributed by atoms with van der Waals surface area (Å²) in [7, 11) is 19.5. The second kappa shape index (κ2) is 12.6. The molecule has 2 aromatic carbocycles. The van der Waals surface area contributed by atoms with Crippen LogP contribution in [0.4, 0.5) is 11.4 Å². The molecule has 0 amide bonds. The van der Waals surface area contributed by atoms with Crippen molar-refractivity contribution in [3.05, 3.63) is 58.7 Å². The van der Waals surface area contributed by atoms with E-state index < -0.39 is 14.8 Å². The molecule has 0 aromatic heterocycles. The Kier molecular flexibility index (Phi) is 11.0. The van der Waals surface area contributed by atoms with E-state index in [1.165, 1.54) is 22.3 Å². The number of rotatable bonds is 9. The molecule has 0 radical (unpaired) electrons. The van der Waals surface area contributed by atoms with E-state index in [9.17, 15) is 0 Å². The number of halogens is 3. The normalized spacial score (nSPS) is 14.1. The average molecular weight is 638 g/mol. The first-order valence-corrected chi connectivity index (χ1v) is 22.5. The van der Waals surface area contributed by atoms with Crippen LogP contribution in [0.5, 0.6) is 0 Å². The molecule has 188 valence electrons. The van der Waals surface area contributed by atoms with Gasteiger partial charge in [-0.2, -0.15) is 0 Å². The van der Waals surface area contributed by atoms with E-state index in [1.54, 1.807) is 0 Å². The van der Waals surface area contributed by atoms with Crippen LogP contribution in [-0.2, 0) is 0 Å². The predicted octanol–water partition coefficient (Wildman–Crippen LogP) is 10.7. The molecule has 0 aliphatic carbocycles. The van der Waals surface area contributed by atoms with Crippen molar-refractivity contribution in [1.29, 1.82) is 0 Å². The maximum absolute atomic E-state index is 6.49. The van der Waals surface area contributed by atoms with Crippen LogP contribution in [0.15, 0.2) is 46.4 Å². The summed E-state index contributed by atoms with van der Waals surface area (Å²) in [4.78, 5) is 10.4. The van der Waals surface area contributed by atoms with Crippen molar-refractivity contribution in [2.45, 2.75) is 90.5 Å². The van der Waals surface area contributed by atoms with Crippen LogP contribution in [0.1, 0.15) is 108 Å². The average Bonchev–Trinajstić information content (AvgIpc) is 2.71. The van der Waals surface area contributed by atoms with Crippen molar-refractivity contribution >= 4 is 64.5 Å². The second-order valence-corrected chi connectivity index (χ2v) is 27.6. The van der Waals surface area contributed by atoms with Crippen LogP contribution in [0, 0.1) is 0 Å². The zero-order valence-corrected chi connectivity index (χ0v) is 26.5. The SMILES string of the molecule is CC(=Nc1c(C(C)C)cccc1C(C)C)C(C[Te](Cl)(Cl)Cl)=Nc1c(C(C)C)cccc1C(C)C. The molecule has 2 nitrogen and oxygen atoms in total. The van der Waals surface area contributed by atoms with Gasteiger partial charge in [0.2, 0.25) is 0 Å². The van der Waals surface area contributed by atoms with Crippen LogP contribution < -0.4 is 0 Å². The Hall–Kier alpha value is -0.560. The molecule has 0 aliphatic heterocycles. The van der Waals surface area contributed by atoms with Crippen LogP contribution in [0.25, 0.3) is 0 Å². The Bertz CT molecular complexity index is 996. The quantitative estimate of drug-likeness (QED) is 0.193. The van der Waals surface area contributed by atoms with Crippen LogP contribution in [0.3, 0.4) is 0 Å². The zero-order chi connectivity index (χ0) is 25.8. The minimum atomic E-state index is -3.57. The van der Waals surface area contributed by atoms with E-state index in [-0.39, 0.29) is 0 Å². The molecular weight excluding hydrogens is 598 g/mol. The van der Waals surface area contributed by atoms with Gasteiger partial charge in [0.15, 0.2) is 0 Å². The van der Waals surface area contributed by atoms with Crippen molar-refractivity contribution in [3.63, 3.8) is 0 Å². The first-order chi connectivity index (χ1) is 15.7. The van der Waals surface area contributed by atoms with Gasteiger partial charge in [-0.1, -0.05) is 0 Å². The van der Waals surface area contributed by atoms with Crippen molar-refractivity contribution in [2.75, 3.05) is 0 Å². The molecule has 0 heterocycles. The molecule has 6 heteroatoms. The van der Waals surface area contributed by atoms with Crippen molar-refractivity contribution in [2.24, 2.45) is 9.98 Å². The van der Waals surface area contributed by atoms with E-state index in [0.29, 0.717) is 28.1 Å². The van der Waals surface area contributed by atoms with Gasteiger partial charge in [-0.25, -0.2) is 0 Å². The second-order valence-electron chi connectivity index (χ2n) is 10.1. The van der Waals surface area contributed by atoms with Gasteiger partial charge in [0.1, 0.15) is 0 Å². The van der Waals surface area contributed by atoms with Gasteiger partial charge >= 0.3 is 224 Å². The minimum absolute atomic E-state index is 0.333. The topological polar surface area (TPSA) is 24.7 Å². The molecule has 0 saturated heterocycles. The van der Waals surface area contributed by atoms with Crippen molar-refractivity contribution in [1.82, 2.24) is 0 Å². The summed E-state index contributed by atoms with van der Waals surface area (Å²) in [5.41, 5.74) is 8.49. The van der Waals surface area contributed by atoms with Gasteiger partial charge < -0.3 is 0 Å². The molecule has 2 aromatic rings. The Morgan fingerprint density at radius 2 is 0.971 bits per heavy atom. The Balaban J connectivity index is 2.82. The molecule has 0 aliphatic rings. The van der Waals surface area contributed by atoms with E-state index >= 15 is 0 Å². The Morgan fingerprint density at radius 1 is 0.647 bits per heavy atom. The summed E-state index contributed by atoms with van der Waals surface area (Å²) in [6.45, 7) is 19.6. The first kappa shape index (κ1) is 29.7. The summed E-state index contributed by atoms with van der Waals surface area (Å²) in [5, 5.41) is 0. The fourth-order valence-corrected chi connectivity index (χ4v) is 7.77. The van der Waals surface area contributed by atoms with E-state index in [1.807, 2.05) is 6.92 Å². The van der Waals surface area contributed by atoms with Crippen LogP contribution in [-0.4, -0.2) is 26.2 Å². The summed E-state index contributed by atoms with van der Waals surface area (Å²) in [6.07, 6.45) is 0. The number of nitrogens with zero attached hydrogens (tertiary/aromatic N) is 2. The summed E-state index contributed by atoms with van der Waals surface area (Å²) in [6, 6.07) is 12.9. The van der Waals surface area contributed by atoms with Crippen LogP contribution >= 0.6 is 26.9 Å². The molecular formula is C28H39Cl3N2Te. The molecule has 0 fully saturated rings. The number of para-hydroxylation sites is 2. The Morgan fingerprint density at radius 3 is 1.26 bits per heavy atom. The Labute approximate surface area is 222 Å². The standard InChI is InChI=1S/C28H39Cl3N2Te/c1-17(2)22-12-10-13-23(18(3)4)27(22)32-21(9)26(16-34(29,30)31)33-28-24(19(5)6)14-11-15-25(28)20(7)8/h10-15,17-20H,16H2,1-9H3. The van der Waals surface area contributed by atoms with Crippen molar-refractivity contribution < 1.29 is 0 Å². The number of benzene rings is 2. The van der Waals surface area contributed by atoms with Gasteiger partial charge in [0.25, 0.3) is 0 Å². The molecule has 0 saturated carbocycles. The van der Waals surface area contributed by atoms with Crippen LogP contribution in [0.2, 0.25) is 4.47 Å². The molecule has 0 spiro atoms. The fourth-order valence-electron chi connectivity index (χ4n) is 4.02. The summed E-state index contributed by atoms with van der Waals surface area (Å²) < 4.78 is 0.368. The monoisotopic (exact) mass is 638 g/mol. The molecule has 0 bridgehead atoms.